The largest absolute Gasteiger partial charge is 0.353 e. The Morgan fingerprint density at radius 1 is 1.24 bits per heavy atom. The third-order valence-electron chi connectivity index (χ3n) is 3.81. The van der Waals surface area contributed by atoms with Crippen LogP contribution in [0.15, 0.2) is 6.07 Å². The first-order valence-corrected chi connectivity index (χ1v) is 6.50. The fraction of sp³-hybridized carbons (Fsp3) is 0.692. The lowest BCUT2D eigenvalue weighted by molar-refractivity contribution is 0.397. The van der Waals surface area contributed by atoms with Gasteiger partial charge in [-0.15, -0.1) is 0 Å². The number of fused-ring (bicyclic) bond motifs is 1. The van der Waals surface area contributed by atoms with Crippen LogP contribution in [-0.4, -0.2) is 29.1 Å². The quantitative estimate of drug-likeness (QED) is 0.829. The van der Waals surface area contributed by atoms with E-state index in [0.29, 0.717) is 6.04 Å². The Bertz CT molecular complexity index is 398. The van der Waals surface area contributed by atoms with Crippen LogP contribution in [0.4, 0.5) is 5.95 Å². The summed E-state index contributed by atoms with van der Waals surface area (Å²) < 4.78 is 0. The molecule has 2 N–H and O–H groups in total. The van der Waals surface area contributed by atoms with E-state index >= 15 is 0 Å². The highest BCUT2D eigenvalue weighted by molar-refractivity contribution is 5.28. The maximum absolute atomic E-state index is 4.40. The number of nitrogens with zero attached hydrogens (tertiary/aromatic N) is 2. The molecule has 2 aliphatic rings. The average Bonchev–Trinajstić information content (AvgIpc) is 3.03. The zero-order chi connectivity index (χ0) is 11.8. The first kappa shape index (κ1) is 11.0. The fourth-order valence-electron chi connectivity index (χ4n) is 2.79. The molecule has 0 aromatic carbocycles. The van der Waals surface area contributed by atoms with Crippen molar-refractivity contribution in [3.63, 3.8) is 0 Å². The van der Waals surface area contributed by atoms with Gasteiger partial charge in [0.25, 0.3) is 0 Å². The van der Waals surface area contributed by atoms with Crippen molar-refractivity contribution in [2.45, 2.75) is 32.7 Å². The summed E-state index contributed by atoms with van der Waals surface area (Å²) in [7, 11) is 0. The Morgan fingerprint density at radius 3 is 2.71 bits per heavy atom. The molecule has 1 saturated heterocycles. The van der Waals surface area contributed by atoms with E-state index in [9.17, 15) is 0 Å². The molecule has 2 fully saturated rings. The summed E-state index contributed by atoms with van der Waals surface area (Å²) in [4.78, 5) is 8.80. The van der Waals surface area contributed by atoms with Crippen molar-refractivity contribution in [1.82, 2.24) is 15.3 Å². The highest BCUT2D eigenvalue weighted by Crippen LogP contribution is 2.43. The van der Waals surface area contributed by atoms with Gasteiger partial charge in [0, 0.05) is 24.0 Å². The molecule has 1 aromatic rings. The topological polar surface area (TPSA) is 49.8 Å². The molecule has 2 heterocycles. The molecule has 1 saturated carbocycles. The molecule has 17 heavy (non-hydrogen) atoms. The van der Waals surface area contributed by atoms with Crippen molar-refractivity contribution in [2.75, 3.05) is 18.4 Å². The Hall–Kier alpha value is -1.16. The summed E-state index contributed by atoms with van der Waals surface area (Å²) in [5.74, 6) is 2.73. The standard InChI is InChI=1S/C13H20N4/c1-8-3-9(2)17-13(16-8)15-7-12-5-10-4-11(10)6-14-12/h3,10-12,14H,4-7H2,1-2H3,(H,15,16,17). The second-order valence-corrected chi connectivity index (χ2v) is 5.45. The van der Waals surface area contributed by atoms with Crippen LogP contribution in [0.5, 0.6) is 0 Å². The molecule has 92 valence electrons. The molecule has 0 radical (unpaired) electrons. The second-order valence-electron chi connectivity index (χ2n) is 5.45. The summed E-state index contributed by atoms with van der Waals surface area (Å²) >= 11 is 0. The van der Waals surface area contributed by atoms with E-state index in [-0.39, 0.29) is 0 Å². The number of rotatable bonds is 3. The highest BCUT2D eigenvalue weighted by atomic mass is 15.1. The third-order valence-corrected chi connectivity index (χ3v) is 3.81. The average molecular weight is 232 g/mol. The fourth-order valence-corrected chi connectivity index (χ4v) is 2.79. The minimum atomic E-state index is 0.586. The third kappa shape index (κ3) is 2.57. The van der Waals surface area contributed by atoms with Gasteiger partial charge in [-0.2, -0.15) is 0 Å². The minimum Gasteiger partial charge on any atom is -0.353 e. The van der Waals surface area contributed by atoms with Gasteiger partial charge >= 0.3 is 0 Å². The summed E-state index contributed by atoms with van der Waals surface area (Å²) in [6.07, 6.45) is 2.74. The minimum absolute atomic E-state index is 0.586. The molecule has 1 aromatic heterocycles. The number of piperidine rings is 1. The Labute approximate surface area is 102 Å². The van der Waals surface area contributed by atoms with Crippen molar-refractivity contribution >= 4 is 5.95 Å². The van der Waals surface area contributed by atoms with Gasteiger partial charge in [0.15, 0.2) is 0 Å². The maximum Gasteiger partial charge on any atom is 0.223 e. The predicted molar refractivity (Wildman–Crippen MR) is 68.0 cm³/mol. The molecular formula is C13H20N4. The SMILES string of the molecule is Cc1cc(C)nc(NCC2CC3CC3CN2)n1. The molecule has 1 aliphatic heterocycles. The number of nitrogens with one attached hydrogen (secondary N) is 2. The molecule has 0 bridgehead atoms. The number of hydrogen-bond donors (Lipinski definition) is 2. The second kappa shape index (κ2) is 4.26. The van der Waals surface area contributed by atoms with Crippen molar-refractivity contribution in [3.05, 3.63) is 17.5 Å². The first-order chi connectivity index (χ1) is 8.20. The van der Waals surface area contributed by atoms with E-state index in [1.807, 2.05) is 19.9 Å². The summed E-state index contributed by atoms with van der Waals surface area (Å²) in [5.41, 5.74) is 2.05. The van der Waals surface area contributed by atoms with Crippen molar-refractivity contribution < 1.29 is 0 Å². The molecule has 3 unspecified atom stereocenters. The zero-order valence-corrected chi connectivity index (χ0v) is 10.5. The van der Waals surface area contributed by atoms with Gasteiger partial charge in [-0.25, -0.2) is 9.97 Å². The predicted octanol–water partition coefficient (Wildman–Crippen LogP) is 1.50. The summed E-state index contributed by atoms with van der Waals surface area (Å²) in [6.45, 7) is 6.15. The molecular weight excluding hydrogens is 212 g/mol. The van der Waals surface area contributed by atoms with Gasteiger partial charge in [0.05, 0.1) is 0 Å². The van der Waals surface area contributed by atoms with E-state index in [2.05, 4.69) is 20.6 Å². The first-order valence-electron chi connectivity index (χ1n) is 6.50. The molecule has 1 aliphatic carbocycles. The molecule has 4 heteroatoms. The van der Waals surface area contributed by atoms with Crippen molar-refractivity contribution in [1.29, 1.82) is 0 Å². The lowest BCUT2D eigenvalue weighted by atomic mass is 10.1. The van der Waals surface area contributed by atoms with Gasteiger partial charge in [0.2, 0.25) is 5.95 Å². The number of anilines is 1. The van der Waals surface area contributed by atoms with E-state index in [4.69, 9.17) is 0 Å². The summed E-state index contributed by atoms with van der Waals surface area (Å²) in [6, 6.07) is 2.59. The van der Waals surface area contributed by atoms with Crippen LogP contribution < -0.4 is 10.6 Å². The lowest BCUT2D eigenvalue weighted by Crippen LogP contribution is -2.40. The van der Waals surface area contributed by atoms with Gasteiger partial charge in [0.1, 0.15) is 0 Å². The van der Waals surface area contributed by atoms with Crippen LogP contribution in [0.1, 0.15) is 24.2 Å². The Kier molecular flexibility index (Phi) is 2.74. The van der Waals surface area contributed by atoms with E-state index in [1.54, 1.807) is 0 Å². The van der Waals surface area contributed by atoms with Gasteiger partial charge in [-0.05, 0) is 51.1 Å². The van der Waals surface area contributed by atoms with Gasteiger partial charge < -0.3 is 10.6 Å². The van der Waals surface area contributed by atoms with E-state index in [1.165, 1.54) is 19.4 Å². The van der Waals surface area contributed by atoms with Crippen LogP contribution in [0.2, 0.25) is 0 Å². The normalized spacial score (nSPS) is 30.8. The lowest BCUT2D eigenvalue weighted by Gasteiger charge is -2.23. The van der Waals surface area contributed by atoms with E-state index < -0.39 is 0 Å². The summed E-state index contributed by atoms with van der Waals surface area (Å²) in [5, 5.41) is 6.94. The monoisotopic (exact) mass is 232 g/mol. The smallest absolute Gasteiger partial charge is 0.223 e. The van der Waals surface area contributed by atoms with Crippen molar-refractivity contribution in [2.24, 2.45) is 11.8 Å². The van der Waals surface area contributed by atoms with Crippen LogP contribution in [0, 0.1) is 25.7 Å². The highest BCUT2D eigenvalue weighted by Gasteiger charge is 2.41. The zero-order valence-electron chi connectivity index (χ0n) is 10.5. The molecule has 0 amide bonds. The van der Waals surface area contributed by atoms with Crippen LogP contribution in [0.3, 0.4) is 0 Å². The number of aryl methyl sites for hydroxylation is 2. The van der Waals surface area contributed by atoms with Crippen molar-refractivity contribution in [3.8, 4) is 0 Å². The van der Waals surface area contributed by atoms with Gasteiger partial charge in [-0.1, -0.05) is 0 Å². The molecule has 3 rings (SSSR count). The molecule has 3 atom stereocenters. The number of aromatic nitrogens is 2. The van der Waals surface area contributed by atoms with Crippen LogP contribution >= 0.6 is 0 Å². The number of hydrogen-bond acceptors (Lipinski definition) is 4. The Morgan fingerprint density at radius 2 is 2.00 bits per heavy atom. The molecule has 0 spiro atoms. The Balaban J connectivity index is 1.55. The molecule has 4 nitrogen and oxygen atoms in total. The van der Waals surface area contributed by atoms with E-state index in [0.717, 1.165) is 35.7 Å². The van der Waals surface area contributed by atoms with Crippen LogP contribution in [0.25, 0.3) is 0 Å². The van der Waals surface area contributed by atoms with Gasteiger partial charge in [-0.3, -0.25) is 0 Å². The maximum atomic E-state index is 4.40. The van der Waals surface area contributed by atoms with Crippen LogP contribution in [-0.2, 0) is 0 Å².